The van der Waals surface area contributed by atoms with E-state index in [0.717, 1.165) is 29.0 Å². The van der Waals surface area contributed by atoms with Gasteiger partial charge in [0.1, 0.15) is 22.5 Å². The van der Waals surface area contributed by atoms with Crippen LogP contribution in [0.3, 0.4) is 0 Å². The van der Waals surface area contributed by atoms with Gasteiger partial charge in [0.2, 0.25) is 0 Å². The standard InChI is InChI=1S/C29H25N5O2/c1-3-24-32-27-25(29(35)33(24)17-16-19-10-5-4-6-11-19)26-28(31-23-15-8-7-14-22(23)30-26)34(27)20-12-9-13-21(18-20)36-2/h4-15,18H,3,16-17H2,1-2H3. The Morgan fingerprint density at radius 1 is 0.833 bits per heavy atom. The van der Waals surface area contributed by atoms with Crippen molar-refractivity contribution in [3.05, 3.63) is 101 Å². The summed E-state index contributed by atoms with van der Waals surface area (Å²) < 4.78 is 9.19. The molecule has 0 aliphatic rings. The number of aromatic nitrogens is 5. The van der Waals surface area contributed by atoms with Crippen LogP contribution in [0.1, 0.15) is 18.3 Å². The van der Waals surface area contributed by atoms with E-state index < -0.39 is 0 Å². The van der Waals surface area contributed by atoms with Crippen LogP contribution < -0.4 is 10.3 Å². The zero-order chi connectivity index (χ0) is 24.6. The molecule has 6 aromatic rings. The van der Waals surface area contributed by atoms with E-state index in [1.54, 1.807) is 11.7 Å². The van der Waals surface area contributed by atoms with Crippen molar-refractivity contribution in [1.82, 2.24) is 24.1 Å². The zero-order valence-corrected chi connectivity index (χ0v) is 20.2. The van der Waals surface area contributed by atoms with E-state index in [0.29, 0.717) is 40.9 Å². The van der Waals surface area contributed by atoms with Gasteiger partial charge in [0.15, 0.2) is 11.3 Å². The Morgan fingerprint density at radius 3 is 2.33 bits per heavy atom. The molecular weight excluding hydrogens is 450 g/mol. The minimum Gasteiger partial charge on any atom is -0.497 e. The summed E-state index contributed by atoms with van der Waals surface area (Å²) in [6, 6.07) is 25.6. The lowest BCUT2D eigenvalue weighted by Gasteiger charge is -2.13. The predicted molar refractivity (Wildman–Crippen MR) is 142 cm³/mol. The van der Waals surface area contributed by atoms with Crippen LogP contribution in [0.4, 0.5) is 0 Å². The quantitative estimate of drug-likeness (QED) is 0.335. The van der Waals surface area contributed by atoms with E-state index in [1.807, 2.05) is 78.2 Å². The lowest BCUT2D eigenvalue weighted by molar-refractivity contribution is 0.414. The zero-order valence-electron chi connectivity index (χ0n) is 20.2. The highest BCUT2D eigenvalue weighted by Crippen LogP contribution is 2.30. The van der Waals surface area contributed by atoms with Gasteiger partial charge in [0.05, 0.1) is 23.8 Å². The Labute approximate surface area is 207 Å². The first-order chi connectivity index (χ1) is 17.7. The molecule has 3 heterocycles. The summed E-state index contributed by atoms with van der Waals surface area (Å²) in [4.78, 5) is 28.9. The summed E-state index contributed by atoms with van der Waals surface area (Å²) in [6.07, 6.45) is 1.37. The number of ether oxygens (including phenoxy) is 1. The minimum absolute atomic E-state index is 0.0935. The molecule has 0 saturated heterocycles. The molecule has 0 aliphatic carbocycles. The maximum atomic E-state index is 14.1. The van der Waals surface area contributed by atoms with Gasteiger partial charge in [-0.05, 0) is 36.2 Å². The van der Waals surface area contributed by atoms with Gasteiger partial charge in [0, 0.05) is 19.0 Å². The molecule has 0 fully saturated rings. The van der Waals surface area contributed by atoms with E-state index in [9.17, 15) is 4.79 Å². The molecule has 7 heteroatoms. The van der Waals surface area contributed by atoms with Gasteiger partial charge in [0.25, 0.3) is 5.56 Å². The second-order valence-corrected chi connectivity index (χ2v) is 8.69. The highest BCUT2D eigenvalue weighted by molar-refractivity contribution is 6.05. The van der Waals surface area contributed by atoms with Gasteiger partial charge >= 0.3 is 0 Å². The van der Waals surface area contributed by atoms with Crippen LogP contribution in [0.2, 0.25) is 0 Å². The van der Waals surface area contributed by atoms with Gasteiger partial charge in [-0.1, -0.05) is 55.5 Å². The number of aryl methyl sites for hydroxylation is 2. The fourth-order valence-corrected chi connectivity index (χ4v) is 4.75. The second-order valence-electron chi connectivity index (χ2n) is 8.69. The molecule has 0 bridgehead atoms. The van der Waals surface area contributed by atoms with E-state index in [4.69, 9.17) is 19.7 Å². The van der Waals surface area contributed by atoms with Crippen molar-refractivity contribution in [3.8, 4) is 11.4 Å². The van der Waals surface area contributed by atoms with E-state index in [2.05, 4.69) is 12.1 Å². The molecule has 3 aromatic heterocycles. The monoisotopic (exact) mass is 475 g/mol. The second kappa shape index (κ2) is 8.92. The van der Waals surface area contributed by atoms with Gasteiger partial charge < -0.3 is 4.74 Å². The summed E-state index contributed by atoms with van der Waals surface area (Å²) in [5.74, 6) is 1.45. The van der Waals surface area contributed by atoms with Crippen molar-refractivity contribution in [3.63, 3.8) is 0 Å². The van der Waals surface area contributed by atoms with Gasteiger partial charge in [-0.2, -0.15) is 0 Å². The summed E-state index contributed by atoms with van der Waals surface area (Å²) in [6.45, 7) is 2.57. The molecule has 36 heavy (non-hydrogen) atoms. The van der Waals surface area contributed by atoms with E-state index >= 15 is 0 Å². The maximum absolute atomic E-state index is 14.1. The molecule has 6 rings (SSSR count). The summed E-state index contributed by atoms with van der Waals surface area (Å²) >= 11 is 0. The summed E-state index contributed by atoms with van der Waals surface area (Å²) in [7, 11) is 1.64. The van der Waals surface area contributed by atoms with Crippen LogP contribution in [0, 0.1) is 0 Å². The van der Waals surface area contributed by atoms with Crippen molar-refractivity contribution in [2.45, 2.75) is 26.3 Å². The first kappa shape index (κ1) is 22.0. The molecule has 0 atom stereocenters. The van der Waals surface area contributed by atoms with Crippen molar-refractivity contribution >= 4 is 33.2 Å². The summed E-state index contributed by atoms with van der Waals surface area (Å²) in [5.41, 5.74) is 5.12. The lowest BCUT2D eigenvalue weighted by atomic mass is 10.1. The minimum atomic E-state index is -0.0935. The molecule has 0 saturated carbocycles. The van der Waals surface area contributed by atoms with Crippen molar-refractivity contribution < 1.29 is 4.74 Å². The van der Waals surface area contributed by atoms with E-state index in [1.165, 1.54) is 5.56 Å². The van der Waals surface area contributed by atoms with Crippen LogP contribution in [0.15, 0.2) is 83.7 Å². The number of rotatable bonds is 6. The largest absolute Gasteiger partial charge is 0.497 e. The molecule has 0 amide bonds. The fourth-order valence-electron chi connectivity index (χ4n) is 4.75. The third-order valence-electron chi connectivity index (χ3n) is 6.54. The Morgan fingerprint density at radius 2 is 1.58 bits per heavy atom. The number of methoxy groups -OCH3 is 1. The van der Waals surface area contributed by atoms with Gasteiger partial charge in [-0.3, -0.25) is 13.9 Å². The Hall–Kier alpha value is -4.52. The predicted octanol–water partition coefficient (Wildman–Crippen LogP) is 5.10. The summed E-state index contributed by atoms with van der Waals surface area (Å²) in [5, 5.41) is 0.483. The van der Waals surface area contributed by atoms with Crippen LogP contribution in [0.25, 0.3) is 38.9 Å². The molecule has 3 aromatic carbocycles. The van der Waals surface area contributed by atoms with Crippen LogP contribution in [-0.4, -0.2) is 31.2 Å². The Bertz CT molecular complexity index is 1790. The highest BCUT2D eigenvalue weighted by Gasteiger charge is 2.23. The number of para-hydroxylation sites is 2. The average molecular weight is 476 g/mol. The van der Waals surface area contributed by atoms with Gasteiger partial charge in [-0.15, -0.1) is 0 Å². The molecule has 0 radical (unpaired) electrons. The molecule has 0 aliphatic heterocycles. The fraction of sp³-hybridized carbons (Fsp3) is 0.172. The number of hydrogen-bond acceptors (Lipinski definition) is 5. The molecule has 0 N–H and O–H groups in total. The number of nitrogens with zero attached hydrogens (tertiary/aromatic N) is 5. The maximum Gasteiger partial charge on any atom is 0.265 e. The molecule has 0 unspecified atom stereocenters. The normalized spacial score (nSPS) is 11.5. The van der Waals surface area contributed by atoms with Crippen LogP contribution in [0.5, 0.6) is 5.75 Å². The van der Waals surface area contributed by atoms with Crippen molar-refractivity contribution in [2.75, 3.05) is 7.11 Å². The Balaban J connectivity index is 1.67. The molecule has 0 spiro atoms. The third kappa shape index (κ3) is 3.60. The highest BCUT2D eigenvalue weighted by atomic mass is 16.5. The topological polar surface area (TPSA) is 74.8 Å². The smallest absolute Gasteiger partial charge is 0.265 e. The van der Waals surface area contributed by atoms with Crippen molar-refractivity contribution in [2.24, 2.45) is 0 Å². The number of benzene rings is 3. The Kier molecular flexibility index (Phi) is 5.45. The molecule has 7 nitrogen and oxygen atoms in total. The first-order valence-electron chi connectivity index (χ1n) is 12.1. The lowest BCUT2D eigenvalue weighted by Crippen LogP contribution is -2.26. The SMILES string of the molecule is CCc1nc2c(c(=O)n1CCc1ccccc1)c1nc3ccccc3nc1n2-c1cccc(OC)c1. The average Bonchev–Trinajstić information content (AvgIpc) is 3.24. The molecule has 178 valence electrons. The first-order valence-corrected chi connectivity index (χ1v) is 12.1. The number of fused-ring (bicyclic) bond motifs is 4. The molecular formula is C29H25N5O2. The van der Waals surface area contributed by atoms with Crippen LogP contribution in [-0.2, 0) is 19.4 Å². The third-order valence-corrected chi connectivity index (χ3v) is 6.54. The van der Waals surface area contributed by atoms with Gasteiger partial charge in [-0.25, -0.2) is 15.0 Å². The van der Waals surface area contributed by atoms with Crippen LogP contribution >= 0.6 is 0 Å². The van der Waals surface area contributed by atoms with E-state index in [-0.39, 0.29) is 5.56 Å². The number of hydrogen-bond donors (Lipinski definition) is 0. The van der Waals surface area contributed by atoms with Crippen molar-refractivity contribution in [1.29, 1.82) is 0 Å².